The number of benzene rings is 3. The number of ketones is 2. The van der Waals surface area contributed by atoms with Crippen molar-refractivity contribution in [2.24, 2.45) is 23.5 Å². The molecule has 8 nitrogen and oxygen atoms in total. The van der Waals surface area contributed by atoms with Crippen molar-refractivity contribution in [3.8, 4) is 0 Å². The molecule has 3 atom stereocenters. The number of fused-ring (bicyclic) bond motifs is 1. The first-order valence-electron chi connectivity index (χ1n) is 18.3. The number of carbonyl (C=O) groups excluding carboxylic acids is 4. The standard InChI is InChI=1S/C41H49ClN4O4S/c1-2-33(47)23-31(25-37-44-34-26-32(42)20-21-36(34)51-37)41(50)46-39(29-17-9-10-18-29)35(48)24-30(19-11-12-22-43)40(49)45-38(27-13-5-3-6-14-27)28-15-7-4-8-16-28/h3-8,13-16,20-21,26,29-31,38-39H,2,9-12,17-19,22-25,43H2,1H3,(H,45,49)(H,46,50)/t30-,31+,39+/m1/s1. The first-order chi connectivity index (χ1) is 24.7. The number of nitrogens with two attached hydrogens (primary N) is 1. The Hall–Kier alpha value is -3.92. The monoisotopic (exact) mass is 728 g/mol. The number of nitrogens with zero attached hydrogens (tertiary/aromatic N) is 1. The van der Waals surface area contributed by atoms with Gasteiger partial charge in [0.2, 0.25) is 11.8 Å². The van der Waals surface area contributed by atoms with Crippen LogP contribution in [0.1, 0.15) is 93.3 Å². The van der Waals surface area contributed by atoms with Gasteiger partial charge in [0.25, 0.3) is 0 Å². The van der Waals surface area contributed by atoms with Gasteiger partial charge in [-0.1, -0.05) is 98.5 Å². The van der Waals surface area contributed by atoms with Crippen molar-refractivity contribution in [3.05, 3.63) is 100 Å². The Morgan fingerprint density at radius 2 is 1.51 bits per heavy atom. The highest BCUT2D eigenvalue weighted by molar-refractivity contribution is 7.18. The fraction of sp³-hybridized carbons (Fsp3) is 0.439. The molecule has 2 amide bonds. The third-order valence-electron chi connectivity index (χ3n) is 9.95. The number of hydrogen-bond acceptors (Lipinski definition) is 7. The van der Waals surface area contributed by atoms with Crippen molar-refractivity contribution < 1.29 is 19.2 Å². The molecule has 1 aliphatic rings. The van der Waals surface area contributed by atoms with Gasteiger partial charge in [0.05, 0.1) is 33.2 Å². The molecule has 4 N–H and O–H groups in total. The van der Waals surface area contributed by atoms with Crippen LogP contribution in [-0.4, -0.2) is 41.0 Å². The van der Waals surface area contributed by atoms with E-state index in [-0.39, 0.29) is 54.6 Å². The van der Waals surface area contributed by atoms with Gasteiger partial charge in [-0.25, -0.2) is 4.98 Å². The zero-order valence-corrected chi connectivity index (χ0v) is 30.9. The second-order valence-corrected chi connectivity index (χ2v) is 15.2. The Morgan fingerprint density at radius 3 is 2.14 bits per heavy atom. The van der Waals surface area contributed by atoms with Gasteiger partial charge in [-0.05, 0) is 67.5 Å². The van der Waals surface area contributed by atoms with E-state index in [4.69, 9.17) is 22.3 Å². The van der Waals surface area contributed by atoms with E-state index in [9.17, 15) is 19.2 Å². The van der Waals surface area contributed by atoms with Crippen LogP contribution in [0.15, 0.2) is 78.9 Å². The van der Waals surface area contributed by atoms with Crippen molar-refractivity contribution in [2.75, 3.05) is 6.54 Å². The van der Waals surface area contributed by atoms with Gasteiger partial charge < -0.3 is 16.4 Å². The van der Waals surface area contributed by atoms with Gasteiger partial charge in [0.1, 0.15) is 5.78 Å². The molecule has 0 spiro atoms. The van der Waals surface area contributed by atoms with Crippen LogP contribution < -0.4 is 16.4 Å². The Bertz CT molecular complexity index is 1720. The van der Waals surface area contributed by atoms with Gasteiger partial charge in [-0.3, -0.25) is 19.2 Å². The molecule has 0 bridgehead atoms. The minimum Gasteiger partial charge on any atom is -0.346 e. The number of unbranched alkanes of at least 4 members (excludes halogenated alkanes) is 1. The topological polar surface area (TPSA) is 131 Å². The summed E-state index contributed by atoms with van der Waals surface area (Å²) in [6.07, 6.45) is 6.22. The Balaban J connectivity index is 1.36. The average molecular weight is 729 g/mol. The first kappa shape index (κ1) is 38.3. The molecule has 51 heavy (non-hydrogen) atoms. The molecule has 10 heteroatoms. The van der Waals surface area contributed by atoms with Crippen LogP contribution in [0.5, 0.6) is 0 Å². The molecule has 5 rings (SSSR count). The molecule has 1 fully saturated rings. The average Bonchev–Trinajstić information content (AvgIpc) is 3.82. The lowest BCUT2D eigenvalue weighted by Crippen LogP contribution is -2.49. The zero-order chi connectivity index (χ0) is 36.2. The van der Waals surface area contributed by atoms with E-state index in [2.05, 4.69) is 10.6 Å². The van der Waals surface area contributed by atoms with Crippen molar-refractivity contribution in [3.63, 3.8) is 0 Å². The van der Waals surface area contributed by atoms with Crippen LogP contribution in [0.25, 0.3) is 10.2 Å². The smallest absolute Gasteiger partial charge is 0.224 e. The van der Waals surface area contributed by atoms with Gasteiger partial charge >= 0.3 is 0 Å². The third kappa shape index (κ3) is 10.8. The third-order valence-corrected chi connectivity index (χ3v) is 11.2. The first-order valence-corrected chi connectivity index (χ1v) is 19.4. The van der Waals surface area contributed by atoms with Crippen LogP contribution in [0.3, 0.4) is 0 Å². The number of Topliss-reactive ketones (excluding diaryl/α,β-unsaturated/α-hetero) is 2. The van der Waals surface area contributed by atoms with Crippen molar-refractivity contribution >= 4 is 56.5 Å². The van der Waals surface area contributed by atoms with E-state index in [1.807, 2.05) is 72.8 Å². The molecule has 0 unspecified atom stereocenters. The number of amides is 2. The van der Waals surface area contributed by atoms with Gasteiger partial charge in [0, 0.05) is 36.6 Å². The summed E-state index contributed by atoms with van der Waals surface area (Å²) in [7, 11) is 0. The summed E-state index contributed by atoms with van der Waals surface area (Å²) in [6, 6.07) is 24.0. The molecule has 0 saturated heterocycles. The SMILES string of the molecule is CCC(=O)C[C@@H](Cc1nc2cc(Cl)ccc2s1)C(=O)N[C@H](C(=O)C[C@@H](CCCCN)C(=O)NC(c1ccccc1)c1ccccc1)C1CCCC1. The number of aromatic nitrogens is 1. The molecule has 0 aliphatic heterocycles. The summed E-state index contributed by atoms with van der Waals surface area (Å²) in [4.78, 5) is 60.0. The fourth-order valence-electron chi connectivity index (χ4n) is 7.09. The molecule has 270 valence electrons. The summed E-state index contributed by atoms with van der Waals surface area (Å²) in [6.45, 7) is 2.29. The van der Waals surface area contributed by atoms with Crippen LogP contribution >= 0.6 is 22.9 Å². The highest BCUT2D eigenvalue weighted by atomic mass is 35.5. The number of carbonyl (C=O) groups is 4. The van der Waals surface area contributed by atoms with E-state index in [1.165, 1.54) is 11.3 Å². The normalized spacial score (nSPS) is 15.1. The van der Waals surface area contributed by atoms with Gasteiger partial charge in [0.15, 0.2) is 5.78 Å². The van der Waals surface area contributed by atoms with E-state index >= 15 is 0 Å². The Kier molecular flexibility index (Phi) is 14.3. The van der Waals surface area contributed by atoms with E-state index < -0.39 is 17.9 Å². The second-order valence-electron chi connectivity index (χ2n) is 13.7. The predicted molar refractivity (Wildman–Crippen MR) is 205 cm³/mol. The van der Waals surface area contributed by atoms with Gasteiger partial charge in [-0.15, -0.1) is 11.3 Å². The molecule has 3 aromatic carbocycles. The molecule has 1 aromatic heterocycles. The highest BCUT2D eigenvalue weighted by Crippen LogP contribution is 2.32. The number of halogens is 1. The van der Waals surface area contributed by atoms with Crippen molar-refractivity contribution in [1.29, 1.82) is 0 Å². The van der Waals surface area contributed by atoms with E-state index in [1.54, 1.807) is 13.0 Å². The predicted octanol–water partition coefficient (Wildman–Crippen LogP) is 7.76. The molecule has 0 radical (unpaired) electrons. The van der Waals surface area contributed by atoms with Crippen LogP contribution in [0.4, 0.5) is 0 Å². The maximum absolute atomic E-state index is 14.3. The Morgan fingerprint density at radius 1 is 0.863 bits per heavy atom. The summed E-state index contributed by atoms with van der Waals surface area (Å²) in [5, 5.41) is 7.70. The van der Waals surface area contributed by atoms with Crippen LogP contribution in [0.2, 0.25) is 5.02 Å². The van der Waals surface area contributed by atoms with E-state index in [0.717, 1.165) is 58.5 Å². The van der Waals surface area contributed by atoms with Crippen molar-refractivity contribution in [2.45, 2.75) is 89.6 Å². The van der Waals surface area contributed by atoms with Crippen LogP contribution in [-0.2, 0) is 25.6 Å². The highest BCUT2D eigenvalue weighted by Gasteiger charge is 2.36. The molecule has 1 aliphatic carbocycles. The fourth-order valence-corrected chi connectivity index (χ4v) is 8.28. The molecular formula is C41H49ClN4O4S. The second kappa shape index (κ2) is 19.1. The number of thiazole rings is 1. The lowest BCUT2D eigenvalue weighted by Gasteiger charge is -2.28. The van der Waals surface area contributed by atoms with Crippen molar-refractivity contribution in [1.82, 2.24) is 15.6 Å². The largest absolute Gasteiger partial charge is 0.346 e. The minimum absolute atomic E-state index is 0.00529. The summed E-state index contributed by atoms with van der Waals surface area (Å²) in [5.74, 6) is -1.98. The lowest BCUT2D eigenvalue weighted by atomic mass is 9.86. The lowest BCUT2D eigenvalue weighted by molar-refractivity contribution is -0.135. The molecule has 4 aromatic rings. The summed E-state index contributed by atoms with van der Waals surface area (Å²) in [5.41, 5.74) is 8.47. The molecule has 1 heterocycles. The van der Waals surface area contributed by atoms with Gasteiger partial charge in [-0.2, -0.15) is 0 Å². The summed E-state index contributed by atoms with van der Waals surface area (Å²) < 4.78 is 0.954. The molecule has 1 saturated carbocycles. The number of hydrogen-bond donors (Lipinski definition) is 3. The Labute approximate surface area is 309 Å². The quantitative estimate of drug-likeness (QED) is 0.0846. The maximum atomic E-state index is 14.3. The maximum Gasteiger partial charge on any atom is 0.224 e. The zero-order valence-electron chi connectivity index (χ0n) is 29.3. The summed E-state index contributed by atoms with van der Waals surface area (Å²) >= 11 is 7.66. The number of rotatable bonds is 19. The number of nitrogens with one attached hydrogen (secondary N) is 2. The molecular weight excluding hydrogens is 680 g/mol. The van der Waals surface area contributed by atoms with E-state index in [0.29, 0.717) is 30.8 Å². The van der Waals surface area contributed by atoms with Crippen LogP contribution in [0, 0.1) is 17.8 Å². The minimum atomic E-state index is -0.739.